The SMILES string of the molecule is COC(=O)CCCCCNC(=S)N1CCC[C@@H]1c1nc2ccccc2s1. The molecule has 1 aliphatic rings. The van der Waals surface area contributed by atoms with Crippen LogP contribution in [0.2, 0.25) is 0 Å². The summed E-state index contributed by atoms with van der Waals surface area (Å²) >= 11 is 7.40. The fraction of sp³-hybridized carbons (Fsp3) is 0.526. The van der Waals surface area contributed by atoms with E-state index in [4.69, 9.17) is 17.2 Å². The number of hydrogen-bond acceptors (Lipinski definition) is 5. The van der Waals surface area contributed by atoms with Crippen molar-refractivity contribution in [3.05, 3.63) is 29.3 Å². The number of unbranched alkanes of at least 4 members (excludes halogenated alkanes) is 2. The van der Waals surface area contributed by atoms with Crippen LogP contribution in [0, 0.1) is 0 Å². The lowest BCUT2D eigenvalue weighted by molar-refractivity contribution is -0.140. The molecule has 1 atom stereocenters. The molecule has 7 heteroatoms. The molecule has 1 aliphatic heterocycles. The Morgan fingerprint density at radius 2 is 2.23 bits per heavy atom. The van der Waals surface area contributed by atoms with E-state index < -0.39 is 0 Å². The number of aromatic nitrogens is 1. The maximum Gasteiger partial charge on any atom is 0.305 e. The highest BCUT2D eigenvalue weighted by molar-refractivity contribution is 7.80. The average Bonchev–Trinajstić information content (AvgIpc) is 3.30. The van der Waals surface area contributed by atoms with E-state index in [1.807, 2.05) is 6.07 Å². The van der Waals surface area contributed by atoms with Gasteiger partial charge in [0, 0.05) is 19.5 Å². The van der Waals surface area contributed by atoms with Gasteiger partial charge in [0.05, 0.1) is 23.4 Å². The Kier molecular flexibility index (Phi) is 6.80. The van der Waals surface area contributed by atoms with Crippen LogP contribution in [0.25, 0.3) is 10.2 Å². The van der Waals surface area contributed by atoms with E-state index in [2.05, 4.69) is 33.2 Å². The van der Waals surface area contributed by atoms with Crippen LogP contribution in [0.3, 0.4) is 0 Å². The van der Waals surface area contributed by atoms with E-state index >= 15 is 0 Å². The summed E-state index contributed by atoms with van der Waals surface area (Å²) in [7, 11) is 1.43. The molecule has 2 aromatic rings. The van der Waals surface area contributed by atoms with Crippen molar-refractivity contribution < 1.29 is 9.53 Å². The third-order valence-electron chi connectivity index (χ3n) is 4.67. The molecular formula is C19H25N3O2S2. The van der Waals surface area contributed by atoms with Crippen LogP contribution in [0.1, 0.15) is 49.6 Å². The Morgan fingerprint density at radius 1 is 1.38 bits per heavy atom. The van der Waals surface area contributed by atoms with Crippen LogP contribution >= 0.6 is 23.6 Å². The second-order valence-electron chi connectivity index (χ2n) is 6.49. The van der Waals surface area contributed by atoms with Crippen LogP contribution in [0.15, 0.2) is 24.3 Å². The monoisotopic (exact) mass is 391 g/mol. The molecule has 1 saturated heterocycles. The molecule has 0 radical (unpaired) electrons. The Morgan fingerprint density at radius 3 is 3.04 bits per heavy atom. The van der Waals surface area contributed by atoms with Crippen LogP contribution in [-0.4, -0.2) is 41.2 Å². The van der Waals surface area contributed by atoms with Gasteiger partial charge < -0.3 is 15.0 Å². The average molecular weight is 392 g/mol. The predicted octanol–water partition coefficient (Wildman–Crippen LogP) is 4.04. The molecule has 0 saturated carbocycles. The van der Waals surface area contributed by atoms with Gasteiger partial charge >= 0.3 is 5.97 Å². The first kappa shape index (κ1) is 19.0. The number of benzene rings is 1. The number of para-hydroxylation sites is 1. The second-order valence-corrected chi connectivity index (χ2v) is 7.94. The third kappa shape index (κ3) is 4.71. The van der Waals surface area contributed by atoms with Crippen molar-refractivity contribution in [3.8, 4) is 0 Å². The Labute approximate surface area is 163 Å². The first-order valence-electron chi connectivity index (χ1n) is 9.16. The number of fused-ring (bicyclic) bond motifs is 1. The fourth-order valence-corrected chi connectivity index (χ4v) is 4.71. The zero-order valence-electron chi connectivity index (χ0n) is 15.1. The van der Waals surface area contributed by atoms with E-state index in [9.17, 15) is 4.79 Å². The normalized spacial score (nSPS) is 16.8. The summed E-state index contributed by atoms with van der Waals surface area (Å²) in [6.45, 7) is 1.82. The van der Waals surface area contributed by atoms with Gasteiger partial charge in [-0.15, -0.1) is 11.3 Å². The minimum absolute atomic E-state index is 0.135. The molecule has 5 nitrogen and oxygen atoms in total. The molecule has 2 heterocycles. The van der Waals surface area contributed by atoms with Gasteiger partial charge in [0.15, 0.2) is 5.11 Å². The molecule has 140 valence electrons. The van der Waals surface area contributed by atoms with Crippen molar-refractivity contribution in [1.82, 2.24) is 15.2 Å². The number of carbonyl (C=O) groups excluding carboxylic acids is 1. The lowest BCUT2D eigenvalue weighted by Crippen LogP contribution is -2.39. The van der Waals surface area contributed by atoms with Crippen molar-refractivity contribution in [3.63, 3.8) is 0 Å². The number of hydrogen-bond donors (Lipinski definition) is 1. The number of likely N-dealkylation sites (tertiary alicyclic amines) is 1. The summed E-state index contributed by atoms with van der Waals surface area (Å²) in [4.78, 5) is 18.2. The van der Waals surface area contributed by atoms with Crippen molar-refractivity contribution in [1.29, 1.82) is 0 Å². The molecule has 0 unspecified atom stereocenters. The molecule has 3 rings (SSSR count). The van der Waals surface area contributed by atoms with Gasteiger partial charge in [-0.3, -0.25) is 4.79 Å². The third-order valence-corrected chi connectivity index (χ3v) is 6.19. The molecule has 0 amide bonds. The summed E-state index contributed by atoms with van der Waals surface area (Å²) in [5.74, 6) is -0.135. The van der Waals surface area contributed by atoms with Crippen molar-refractivity contribution in [2.24, 2.45) is 0 Å². The molecule has 0 spiro atoms. The maximum atomic E-state index is 11.1. The molecule has 1 aromatic heterocycles. The number of esters is 1. The van der Waals surface area contributed by atoms with Gasteiger partial charge in [-0.25, -0.2) is 4.98 Å². The predicted molar refractivity (Wildman–Crippen MR) is 109 cm³/mol. The minimum Gasteiger partial charge on any atom is -0.469 e. The van der Waals surface area contributed by atoms with Crippen LogP contribution in [0.5, 0.6) is 0 Å². The Bertz CT molecular complexity index is 729. The zero-order valence-corrected chi connectivity index (χ0v) is 16.7. The minimum atomic E-state index is -0.135. The van der Waals surface area contributed by atoms with Crippen LogP contribution in [-0.2, 0) is 9.53 Å². The maximum absolute atomic E-state index is 11.1. The lowest BCUT2D eigenvalue weighted by atomic mass is 10.2. The standard InChI is InChI=1S/C19H25N3O2S2/c1-24-17(23)11-3-2-6-12-20-19(25)22-13-7-9-15(22)18-21-14-8-4-5-10-16(14)26-18/h4-5,8,10,15H,2-3,6-7,9,11-13H2,1H3,(H,20,25)/t15-/m1/s1. The number of methoxy groups -OCH3 is 1. The van der Waals surface area contributed by atoms with Gasteiger partial charge in [-0.05, 0) is 50.0 Å². The Hall–Kier alpha value is -1.73. The summed E-state index contributed by atoms with van der Waals surface area (Å²) in [6, 6.07) is 8.57. The van der Waals surface area contributed by atoms with Crippen LogP contribution in [0.4, 0.5) is 0 Å². The molecule has 26 heavy (non-hydrogen) atoms. The number of thiocarbonyl (C=S) groups is 1. The largest absolute Gasteiger partial charge is 0.469 e. The molecule has 0 bridgehead atoms. The van der Waals surface area contributed by atoms with E-state index in [1.165, 1.54) is 11.8 Å². The lowest BCUT2D eigenvalue weighted by Gasteiger charge is -2.26. The summed E-state index contributed by atoms with van der Waals surface area (Å²) in [5.41, 5.74) is 1.07. The highest BCUT2D eigenvalue weighted by Gasteiger charge is 2.30. The number of rotatable bonds is 7. The number of nitrogens with one attached hydrogen (secondary N) is 1. The summed E-state index contributed by atoms with van der Waals surface area (Å²) < 4.78 is 5.89. The van der Waals surface area contributed by atoms with E-state index in [0.29, 0.717) is 6.42 Å². The topological polar surface area (TPSA) is 54.5 Å². The van der Waals surface area contributed by atoms with Gasteiger partial charge in [-0.2, -0.15) is 0 Å². The van der Waals surface area contributed by atoms with Gasteiger partial charge in [-0.1, -0.05) is 18.6 Å². The van der Waals surface area contributed by atoms with Gasteiger partial charge in [0.25, 0.3) is 0 Å². The highest BCUT2D eigenvalue weighted by atomic mass is 32.1. The highest BCUT2D eigenvalue weighted by Crippen LogP contribution is 2.36. The molecule has 0 aliphatic carbocycles. The van der Waals surface area contributed by atoms with Crippen molar-refractivity contribution in [2.75, 3.05) is 20.2 Å². The Balaban J connectivity index is 1.48. The van der Waals surface area contributed by atoms with E-state index in [0.717, 1.165) is 60.8 Å². The number of thiazole rings is 1. The summed E-state index contributed by atoms with van der Waals surface area (Å²) in [5, 5.41) is 5.36. The number of nitrogens with zero attached hydrogens (tertiary/aromatic N) is 2. The second kappa shape index (κ2) is 9.28. The number of ether oxygens (including phenoxy) is 1. The molecule has 1 aromatic carbocycles. The molecular weight excluding hydrogens is 366 g/mol. The zero-order chi connectivity index (χ0) is 18.4. The first-order valence-corrected chi connectivity index (χ1v) is 10.4. The van der Waals surface area contributed by atoms with Gasteiger partial charge in [0.1, 0.15) is 5.01 Å². The number of carbonyl (C=O) groups is 1. The van der Waals surface area contributed by atoms with Crippen LogP contribution < -0.4 is 5.32 Å². The van der Waals surface area contributed by atoms with E-state index in [1.54, 1.807) is 11.3 Å². The van der Waals surface area contributed by atoms with E-state index in [-0.39, 0.29) is 12.0 Å². The first-order chi connectivity index (χ1) is 12.7. The fourth-order valence-electron chi connectivity index (χ4n) is 3.27. The summed E-state index contributed by atoms with van der Waals surface area (Å²) in [6.07, 6.45) is 5.58. The molecule has 1 N–H and O–H groups in total. The molecule has 1 fully saturated rings. The van der Waals surface area contributed by atoms with Crippen molar-refractivity contribution in [2.45, 2.75) is 44.6 Å². The smallest absolute Gasteiger partial charge is 0.305 e. The quantitative estimate of drug-likeness (QED) is 0.437. The van der Waals surface area contributed by atoms with Crippen molar-refractivity contribution >= 4 is 44.9 Å². The van der Waals surface area contributed by atoms with Gasteiger partial charge in [0.2, 0.25) is 0 Å².